The van der Waals surface area contributed by atoms with E-state index in [9.17, 15) is 0 Å². The first-order chi connectivity index (χ1) is 16.4. The summed E-state index contributed by atoms with van der Waals surface area (Å²) in [6.45, 7) is 16.1. The van der Waals surface area contributed by atoms with E-state index in [1.54, 1.807) is 0 Å². The van der Waals surface area contributed by atoms with E-state index in [0.29, 0.717) is 11.8 Å². The van der Waals surface area contributed by atoms with Gasteiger partial charge in [0.2, 0.25) is 0 Å². The first-order valence-electron chi connectivity index (χ1n) is 13.5. The van der Waals surface area contributed by atoms with Crippen LogP contribution < -0.4 is 0 Å². The van der Waals surface area contributed by atoms with Crippen molar-refractivity contribution >= 4 is 64.9 Å². The predicted octanol–water partition coefficient (Wildman–Crippen LogP) is 10.7. The Kier molecular flexibility index (Phi) is 6.83. The maximum atomic E-state index is 2.64. The zero-order valence-corrected chi connectivity index (χ0v) is 23.5. The van der Waals surface area contributed by atoms with Crippen LogP contribution in [-0.2, 0) is 13.1 Å². The third-order valence-corrected chi connectivity index (χ3v) is 10.3. The number of hydrogen-bond donors (Lipinski definition) is 0. The van der Waals surface area contributed by atoms with E-state index in [2.05, 4.69) is 74.9 Å². The number of unbranched alkanes of at least 4 members (excludes halogenated alkanes) is 4. The van der Waals surface area contributed by atoms with Crippen LogP contribution in [0.2, 0.25) is 0 Å². The molecule has 0 aliphatic rings. The lowest BCUT2D eigenvalue weighted by Crippen LogP contribution is -1.99. The number of nitrogens with zero attached hydrogens (tertiary/aromatic N) is 2. The molecule has 4 aromatic heterocycles. The van der Waals surface area contributed by atoms with Crippen molar-refractivity contribution in [3.8, 4) is 0 Å². The molecule has 0 fully saturated rings. The Bertz CT molecular complexity index is 1330. The van der Waals surface area contributed by atoms with Gasteiger partial charge in [0.15, 0.2) is 0 Å². The molecule has 0 amide bonds. The molecule has 0 saturated carbocycles. The summed E-state index contributed by atoms with van der Waals surface area (Å²) in [5.41, 5.74) is 5.78. The highest BCUT2D eigenvalue weighted by Crippen LogP contribution is 2.44. The number of benzene rings is 1. The number of rotatable bonds is 10. The molecule has 4 heteroatoms. The normalized spacial score (nSPS) is 12.7. The van der Waals surface area contributed by atoms with Crippen LogP contribution in [0.4, 0.5) is 0 Å². The van der Waals surface area contributed by atoms with Gasteiger partial charge in [-0.05, 0) is 48.9 Å². The summed E-state index contributed by atoms with van der Waals surface area (Å²) >= 11 is 4.04. The molecule has 2 nitrogen and oxygen atoms in total. The van der Waals surface area contributed by atoms with Crippen LogP contribution >= 0.6 is 22.7 Å². The highest BCUT2D eigenvalue weighted by Gasteiger charge is 2.21. The van der Waals surface area contributed by atoms with Gasteiger partial charge in [-0.1, -0.05) is 67.2 Å². The molecule has 5 aromatic rings. The summed E-state index contributed by atoms with van der Waals surface area (Å²) < 4.78 is 8.26. The van der Waals surface area contributed by atoms with Gasteiger partial charge in [0.1, 0.15) is 0 Å². The second kappa shape index (κ2) is 9.70. The molecular formula is C30H40N2S2. The Morgan fingerprint density at radius 3 is 1.35 bits per heavy atom. The van der Waals surface area contributed by atoms with Crippen molar-refractivity contribution < 1.29 is 0 Å². The fourth-order valence-corrected chi connectivity index (χ4v) is 7.70. The molecular weight excluding hydrogens is 452 g/mol. The Balaban J connectivity index is 1.78. The summed E-state index contributed by atoms with van der Waals surface area (Å²) in [5, 5.41) is 2.92. The van der Waals surface area contributed by atoms with Crippen LogP contribution in [-0.4, -0.2) is 9.13 Å². The van der Waals surface area contributed by atoms with Gasteiger partial charge in [0.25, 0.3) is 0 Å². The number of hydrogen-bond acceptors (Lipinski definition) is 2. The minimum Gasteiger partial charge on any atom is -0.340 e. The van der Waals surface area contributed by atoms with Gasteiger partial charge < -0.3 is 9.13 Å². The molecule has 0 radical (unpaired) electrons. The predicted molar refractivity (Wildman–Crippen MR) is 155 cm³/mol. The first kappa shape index (κ1) is 23.9. The average molecular weight is 493 g/mol. The van der Waals surface area contributed by atoms with E-state index in [1.807, 2.05) is 22.7 Å². The number of fused-ring (bicyclic) bond motifs is 6. The summed E-state index contributed by atoms with van der Waals surface area (Å²) in [5.74, 6) is 1.16. The highest BCUT2D eigenvalue weighted by molar-refractivity contribution is 7.20. The van der Waals surface area contributed by atoms with Crippen molar-refractivity contribution in [2.24, 2.45) is 0 Å². The molecule has 0 unspecified atom stereocenters. The van der Waals surface area contributed by atoms with Gasteiger partial charge in [-0.3, -0.25) is 0 Å². The van der Waals surface area contributed by atoms with E-state index in [-0.39, 0.29) is 0 Å². The smallest absolute Gasteiger partial charge is 0.0604 e. The summed E-state index contributed by atoms with van der Waals surface area (Å²) in [6, 6.07) is 10.0. The summed E-state index contributed by atoms with van der Waals surface area (Å²) in [4.78, 5) is 3.02. The molecule has 5 rings (SSSR count). The Morgan fingerprint density at radius 1 is 0.588 bits per heavy atom. The van der Waals surface area contributed by atoms with E-state index >= 15 is 0 Å². The van der Waals surface area contributed by atoms with Gasteiger partial charge in [-0.2, -0.15) is 0 Å². The van der Waals surface area contributed by atoms with E-state index in [4.69, 9.17) is 0 Å². The summed E-state index contributed by atoms with van der Waals surface area (Å²) in [6.07, 6.45) is 7.63. The second-order valence-corrected chi connectivity index (χ2v) is 12.8. The lowest BCUT2D eigenvalue weighted by atomic mass is 10.1. The third kappa shape index (κ3) is 4.01. The van der Waals surface area contributed by atoms with Crippen LogP contribution in [0.25, 0.3) is 42.2 Å². The Hall–Kier alpha value is -1.78. The van der Waals surface area contributed by atoms with Gasteiger partial charge >= 0.3 is 0 Å². The lowest BCUT2D eigenvalue weighted by molar-refractivity contribution is 0.627. The van der Waals surface area contributed by atoms with Crippen molar-refractivity contribution in [3.63, 3.8) is 0 Å². The molecule has 0 aliphatic heterocycles. The van der Waals surface area contributed by atoms with Gasteiger partial charge in [-0.15, -0.1) is 22.7 Å². The van der Waals surface area contributed by atoms with E-state index < -0.39 is 0 Å². The van der Waals surface area contributed by atoms with Crippen molar-refractivity contribution in [1.82, 2.24) is 9.13 Å². The molecule has 0 spiro atoms. The van der Waals surface area contributed by atoms with Crippen molar-refractivity contribution in [1.29, 1.82) is 0 Å². The summed E-state index contributed by atoms with van der Waals surface area (Å²) in [7, 11) is 0. The number of aromatic nitrogens is 2. The van der Waals surface area contributed by atoms with Crippen LogP contribution in [0, 0.1) is 0 Å². The molecule has 4 heterocycles. The molecule has 0 saturated heterocycles. The third-order valence-electron chi connectivity index (χ3n) is 7.34. The maximum absolute atomic E-state index is 2.64. The van der Waals surface area contributed by atoms with Crippen LogP contribution in [0.5, 0.6) is 0 Å². The van der Waals surface area contributed by atoms with Gasteiger partial charge in [0.05, 0.1) is 31.5 Å². The maximum Gasteiger partial charge on any atom is 0.0604 e. The molecule has 34 heavy (non-hydrogen) atoms. The Labute approximate surface area is 212 Å². The minimum atomic E-state index is 0.581. The zero-order valence-electron chi connectivity index (χ0n) is 21.8. The largest absolute Gasteiger partial charge is 0.340 e. The van der Waals surface area contributed by atoms with Crippen LogP contribution in [0.15, 0.2) is 24.3 Å². The molecule has 0 aliphatic carbocycles. The van der Waals surface area contributed by atoms with E-state index in [1.165, 1.54) is 90.5 Å². The SMILES string of the molecule is CCCCCn1c2cc3c4sc(C(C)C)cc4n(CCCCC)c3cc2c2sc(C(C)C)cc21. The van der Waals surface area contributed by atoms with Crippen LogP contribution in [0.1, 0.15) is 102 Å². The topological polar surface area (TPSA) is 9.86 Å². The Morgan fingerprint density at radius 2 is 1.00 bits per heavy atom. The molecule has 0 bridgehead atoms. The van der Waals surface area contributed by atoms with Crippen molar-refractivity contribution in [2.75, 3.05) is 0 Å². The van der Waals surface area contributed by atoms with Crippen molar-refractivity contribution in [2.45, 2.75) is 105 Å². The van der Waals surface area contributed by atoms with Gasteiger partial charge in [0, 0.05) is 33.6 Å². The average Bonchev–Trinajstić information content (AvgIpc) is 3.54. The highest BCUT2D eigenvalue weighted by atomic mass is 32.1. The first-order valence-corrected chi connectivity index (χ1v) is 15.1. The van der Waals surface area contributed by atoms with E-state index in [0.717, 1.165) is 13.1 Å². The van der Waals surface area contributed by atoms with Crippen LogP contribution in [0.3, 0.4) is 0 Å². The molecule has 0 atom stereocenters. The minimum absolute atomic E-state index is 0.581. The zero-order chi connectivity index (χ0) is 24.0. The lowest BCUT2D eigenvalue weighted by Gasteiger charge is -2.09. The molecule has 182 valence electrons. The number of thiophene rings is 2. The number of aryl methyl sites for hydroxylation is 2. The quantitative estimate of drug-likeness (QED) is 0.172. The fourth-order valence-electron chi connectivity index (χ4n) is 5.32. The monoisotopic (exact) mass is 492 g/mol. The fraction of sp³-hybridized carbons (Fsp3) is 0.533. The second-order valence-electron chi connectivity index (χ2n) is 10.6. The molecule has 1 aromatic carbocycles. The standard InChI is InChI=1S/C30H40N2S2/c1-7-9-11-13-31-23-15-22-24(16-21(23)29-25(31)17-27(33-29)19(3)4)32(14-12-10-8-2)26-18-28(20(5)6)34-30(22)26/h15-20H,7-14H2,1-6H3. The van der Waals surface area contributed by atoms with Gasteiger partial charge in [-0.25, -0.2) is 0 Å². The van der Waals surface area contributed by atoms with Crippen molar-refractivity contribution in [3.05, 3.63) is 34.0 Å². The molecule has 0 N–H and O–H groups in total.